The second-order valence-corrected chi connectivity index (χ2v) is 9.37. The first-order valence-corrected chi connectivity index (χ1v) is 14.2. The van der Waals surface area contributed by atoms with E-state index < -0.39 is 11.9 Å². The van der Waals surface area contributed by atoms with Crippen molar-refractivity contribution in [1.29, 1.82) is 0 Å². The quantitative estimate of drug-likeness (QED) is 0.0779. The lowest BCUT2D eigenvalue weighted by Gasteiger charge is -2.12. The number of nitrogens with one attached hydrogen (secondary N) is 2. The number of carbonyl (C=O) groups is 2. The highest BCUT2D eigenvalue weighted by Gasteiger charge is 2.05. The Labute approximate surface area is 261 Å². The molecule has 0 saturated heterocycles. The maximum atomic E-state index is 11.4. The molecule has 0 amide bonds. The van der Waals surface area contributed by atoms with Crippen LogP contribution in [0.5, 0.6) is 11.5 Å². The topological polar surface area (TPSA) is 145 Å². The van der Waals surface area contributed by atoms with E-state index in [1.807, 2.05) is 49.4 Å². The van der Waals surface area contributed by atoms with Crippen molar-refractivity contribution in [3.63, 3.8) is 0 Å². The smallest absolute Gasteiger partial charge is 0.344 e. The van der Waals surface area contributed by atoms with Gasteiger partial charge >= 0.3 is 11.9 Å². The number of ether oxygens (including phenoxy) is 4. The summed E-state index contributed by atoms with van der Waals surface area (Å²) in [7, 11) is 0. The van der Waals surface area contributed by atoms with Crippen LogP contribution in [0.1, 0.15) is 19.4 Å². The van der Waals surface area contributed by atoms with Crippen molar-refractivity contribution in [2.75, 3.05) is 37.3 Å². The molecule has 12 nitrogen and oxygen atoms in total. The summed E-state index contributed by atoms with van der Waals surface area (Å²) >= 11 is 0. The molecule has 0 bridgehead atoms. The molecular formula is C33H34N6O6. The first-order valence-electron chi connectivity index (χ1n) is 14.2. The van der Waals surface area contributed by atoms with E-state index in [0.717, 1.165) is 16.9 Å². The fourth-order valence-corrected chi connectivity index (χ4v) is 3.74. The van der Waals surface area contributed by atoms with Crippen molar-refractivity contribution >= 4 is 46.1 Å². The number of carbonyl (C=O) groups excluding carboxylic acids is 2. The Kier molecular flexibility index (Phi) is 12.0. The molecule has 0 aliphatic rings. The number of benzene rings is 4. The van der Waals surface area contributed by atoms with E-state index in [1.165, 1.54) is 0 Å². The van der Waals surface area contributed by atoms with E-state index in [9.17, 15) is 9.59 Å². The molecule has 0 heterocycles. The second-order valence-electron chi connectivity index (χ2n) is 9.37. The molecule has 4 rings (SSSR count). The van der Waals surface area contributed by atoms with Gasteiger partial charge in [-0.2, -0.15) is 20.5 Å². The summed E-state index contributed by atoms with van der Waals surface area (Å²) in [5.41, 5.74) is 11.8. The zero-order chi connectivity index (χ0) is 31.9. The van der Waals surface area contributed by atoms with Crippen LogP contribution in [0, 0.1) is 6.92 Å². The Hall–Kier alpha value is -5.78. The number of hydrogen-bond acceptors (Lipinski definition) is 12. The summed E-state index contributed by atoms with van der Waals surface area (Å²) in [5.74, 6) is 0.260. The van der Waals surface area contributed by atoms with Crippen molar-refractivity contribution in [1.82, 2.24) is 0 Å². The second kappa shape index (κ2) is 16.8. The number of aryl methyl sites for hydroxylation is 1. The van der Waals surface area contributed by atoms with Crippen LogP contribution >= 0.6 is 0 Å². The normalized spacial score (nSPS) is 10.9. The summed E-state index contributed by atoms with van der Waals surface area (Å²) in [6, 6.07) is 27.1. The molecule has 45 heavy (non-hydrogen) atoms. The molecule has 12 heteroatoms. The minimum atomic E-state index is -0.414. The van der Waals surface area contributed by atoms with Gasteiger partial charge in [-0.1, -0.05) is 0 Å². The average Bonchev–Trinajstić information content (AvgIpc) is 3.06. The molecule has 0 radical (unpaired) electrons. The molecule has 0 spiro atoms. The molecule has 4 aromatic carbocycles. The Balaban J connectivity index is 1.23. The van der Waals surface area contributed by atoms with Gasteiger partial charge < -0.3 is 29.8 Å². The minimum Gasteiger partial charge on any atom is -0.482 e. The standard InChI is InChI=1S/C33H34N6O6/c1-4-42-32(40)21-44-29-15-10-26(11-16-29)35-34-24-6-8-25(9-7-24)37-39-31-19-14-28(20-23(31)3)38-36-27-12-17-30(18-13-27)45-22-33(41)43-5-2/h6-20,37,39H,4-5,21-22H2,1-3H3. The predicted molar refractivity (Wildman–Crippen MR) is 170 cm³/mol. The monoisotopic (exact) mass is 610 g/mol. The lowest BCUT2D eigenvalue weighted by molar-refractivity contribution is -0.146. The summed E-state index contributed by atoms with van der Waals surface area (Å²) in [6.45, 7) is 5.81. The third kappa shape index (κ3) is 10.8. The van der Waals surface area contributed by atoms with Gasteiger partial charge in [0, 0.05) is 0 Å². The molecule has 232 valence electrons. The maximum absolute atomic E-state index is 11.4. The highest BCUT2D eigenvalue weighted by atomic mass is 16.6. The molecule has 0 atom stereocenters. The van der Waals surface area contributed by atoms with Gasteiger partial charge in [0.1, 0.15) is 11.5 Å². The molecular weight excluding hydrogens is 576 g/mol. The highest BCUT2D eigenvalue weighted by molar-refractivity contribution is 5.71. The van der Waals surface area contributed by atoms with Crippen LogP contribution in [0.15, 0.2) is 111 Å². The van der Waals surface area contributed by atoms with Crippen LogP contribution in [0.3, 0.4) is 0 Å². The van der Waals surface area contributed by atoms with Crippen LogP contribution in [0.4, 0.5) is 34.1 Å². The summed E-state index contributed by atoms with van der Waals surface area (Å²) in [6.07, 6.45) is 0. The van der Waals surface area contributed by atoms with E-state index in [1.54, 1.807) is 62.4 Å². The van der Waals surface area contributed by atoms with E-state index in [0.29, 0.717) is 47.5 Å². The van der Waals surface area contributed by atoms with Crippen LogP contribution in [-0.4, -0.2) is 38.4 Å². The minimum absolute atomic E-state index is 0.142. The first kappa shape index (κ1) is 32.1. The summed E-state index contributed by atoms with van der Waals surface area (Å²) in [5, 5.41) is 17.1. The van der Waals surface area contributed by atoms with Gasteiger partial charge in [-0.05, 0) is 117 Å². The lowest BCUT2D eigenvalue weighted by Crippen LogP contribution is -2.14. The molecule has 4 aromatic rings. The Morgan fingerprint density at radius 2 is 1.00 bits per heavy atom. The van der Waals surface area contributed by atoms with Crippen molar-refractivity contribution in [3.05, 3.63) is 96.6 Å². The Morgan fingerprint density at radius 3 is 1.44 bits per heavy atom. The van der Waals surface area contributed by atoms with Crippen molar-refractivity contribution in [2.45, 2.75) is 20.8 Å². The number of anilines is 2. The summed E-state index contributed by atoms with van der Waals surface area (Å²) in [4.78, 5) is 22.8. The van der Waals surface area contributed by atoms with E-state index in [2.05, 4.69) is 31.3 Å². The highest BCUT2D eigenvalue weighted by Crippen LogP contribution is 2.26. The number of hydrogen-bond donors (Lipinski definition) is 2. The predicted octanol–water partition coefficient (Wildman–Crippen LogP) is 8.15. The molecule has 0 fully saturated rings. The van der Waals surface area contributed by atoms with E-state index in [-0.39, 0.29) is 13.2 Å². The SMILES string of the molecule is CCOC(=O)COc1ccc(N=Nc2ccc(NNc3ccc(N=Nc4ccc(OCC(=O)OCC)cc4)cc3C)cc2)cc1. The van der Waals surface area contributed by atoms with Crippen LogP contribution in [0.25, 0.3) is 0 Å². The number of hydrazine groups is 1. The Bertz CT molecular complexity index is 1610. The summed E-state index contributed by atoms with van der Waals surface area (Å²) < 4.78 is 20.5. The van der Waals surface area contributed by atoms with Crippen molar-refractivity contribution in [2.24, 2.45) is 20.5 Å². The average molecular weight is 611 g/mol. The first-order chi connectivity index (χ1) is 21.9. The molecule has 2 N–H and O–H groups in total. The molecule has 0 aliphatic heterocycles. The lowest BCUT2D eigenvalue weighted by atomic mass is 10.2. The van der Waals surface area contributed by atoms with Gasteiger partial charge in [0.05, 0.1) is 47.3 Å². The van der Waals surface area contributed by atoms with Crippen molar-refractivity contribution in [3.8, 4) is 11.5 Å². The van der Waals surface area contributed by atoms with E-state index in [4.69, 9.17) is 18.9 Å². The van der Waals surface area contributed by atoms with Crippen LogP contribution < -0.4 is 20.3 Å². The van der Waals surface area contributed by atoms with Gasteiger partial charge in [0.15, 0.2) is 13.2 Å². The molecule has 0 aromatic heterocycles. The van der Waals surface area contributed by atoms with Gasteiger partial charge in [0.25, 0.3) is 0 Å². The molecule has 0 aliphatic carbocycles. The molecule has 0 unspecified atom stereocenters. The van der Waals surface area contributed by atoms with Crippen LogP contribution in [-0.2, 0) is 19.1 Å². The van der Waals surface area contributed by atoms with Gasteiger partial charge in [-0.25, -0.2) is 9.59 Å². The zero-order valence-electron chi connectivity index (χ0n) is 25.2. The van der Waals surface area contributed by atoms with Gasteiger partial charge in [-0.3, -0.25) is 0 Å². The van der Waals surface area contributed by atoms with Crippen LogP contribution in [0.2, 0.25) is 0 Å². The number of nitrogens with zero attached hydrogens (tertiary/aromatic N) is 4. The number of esters is 2. The zero-order valence-corrected chi connectivity index (χ0v) is 25.2. The fourth-order valence-electron chi connectivity index (χ4n) is 3.74. The van der Waals surface area contributed by atoms with E-state index >= 15 is 0 Å². The van der Waals surface area contributed by atoms with Gasteiger partial charge in [-0.15, -0.1) is 0 Å². The largest absolute Gasteiger partial charge is 0.482 e. The third-order valence-electron chi connectivity index (χ3n) is 5.98. The number of azo groups is 2. The maximum Gasteiger partial charge on any atom is 0.344 e. The fraction of sp³-hybridized carbons (Fsp3) is 0.212. The van der Waals surface area contributed by atoms with Crippen molar-refractivity contribution < 1.29 is 28.5 Å². The molecule has 0 saturated carbocycles. The van der Waals surface area contributed by atoms with Gasteiger partial charge in [0.2, 0.25) is 0 Å². The Morgan fingerprint density at radius 1 is 0.578 bits per heavy atom. The number of rotatable bonds is 15. The third-order valence-corrected chi connectivity index (χ3v) is 5.98.